The Morgan fingerprint density at radius 1 is 0.973 bits per heavy atom. The zero-order chi connectivity index (χ0) is 27.2. The Balaban J connectivity index is 2.01. The molecule has 0 aliphatic carbocycles. The van der Waals surface area contributed by atoms with Crippen LogP contribution in [0.4, 0.5) is 5.69 Å². The van der Waals surface area contributed by atoms with Crippen LogP contribution < -0.4 is 14.4 Å². The number of halogens is 1. The molecule has 3 rings (SSSR count). The highest BCUT2D eigenvalue weighted by Crippen LogP contribution is 2.26. The number of methoxy groups -OCH3 is 1. The predicted molar refractivity (Wildman–Crippen MR) is 144 cm³/mol. The molecule has 0 heterocycles. The summed E-state index contributed by atoms with van der Waals surface area (Å²) in [6.45, 7) is 3.07. The monoisotopic (exact) mass is 543 g/mol. The van der Waals surface area contributed by atoms with Crippen molar-refractivity contribution in [2.24, 2.45) is 0 Å². The molecule has 0 radical (unpaired) electrons. The SMILES string of the molecule is CNC(=O)C(C)N(Cc1ccc(Cl)cc1)C(=O)CN(c1ccc(C)cc1)S(=O)(=O)c1ccc(OC)cc1. The fraction of sp³-hybridized carbons (Fsp3) is 0.259. The van der Waals surface area contributed by atoms with Crippen LogP contribution in [0.2, 0.25) is 5.02 Å². The van der Waals surface area contributed by atoms with E-state index in [-0.39, 0.29) is 17.3 Å². The highest BCUT2D eigenvalue weighted by Gasteiger charge is 2.32. The molecule has 0 aromatic heterocycles. The van der Waals surface area contributed by atoms with Crippen molar-refractivity contribution in [2.75, 3.05) is 25.0 Å². The van der Waals surface area contributed by atoms with Crippen molar-refractivity contribution in [1.82, 2.24) is 10.2 Å². The van der Waals surface area contributed by atoms with E-state index in [1.165, 1.54) is 31.2 Å². The number of nitrogens with one attached hydrogen (secondary N) is 1. The lowest BCUT2D eigenvalue weighted by Gasteiger charge is -2.31. The van der Waals surface area contributed by atoms with E-state index >= 15 is 0 Å². The van der Waals surface area contributed by atoms with Crippen molar-refractivity contribution < 1.29 is 22.7 Å². The third kappa shape index (κ3) is 6.81. The van der Waals surface area contributed by atoms with Crippen LogP contribution in [0.15, 0.2) is 77.7 Å². The van der Waals surface area contributed by atoms with Crippen molar-refractivity contribution >= 4 is 39.1 Å². The average molecular weight is 544 g/mol. The molecule has 0 saturated heterocycles. The lowest BCUT2D eigenvalue weighted by atomic mass is 10.1. The summed E-state index contributed by atoms with van der Waals surface area (Å²) < 4.78 is 33.7. The second kappa shape index (κ2) is 12.1. The molecule has 196 valence electrons. The molecule has 0 fully saturated rings. The highest BCUT2D eigenvalue weighted by molar-refractivity contribution is 7.92. The minimum Gasteiger partial charge on any atom is -0.497 e. The van der Waals surface area contributed by atoms with E-state index in [4.69, 9.17) is 16.3 Å². The molecule has 0 aliphatic heterocycles. The number of ether oxygens (including phenoxy) is 1. The number of likely N-dealkylation sites (N-methyl/N-ethyl adjacent to an activating group) is 1. The van der Waals surface area contributed by atoms with Gasteiger partial charge >= 0.3 is 0 Å². The molecule has 0 saturated carbocycles. The van der Waals surface area contributed by atoms with Gasteiger partial charge in [0.1, 0.15) is 18.3 Å². The molecule has 10 heteroatoms. The number of carbonyl (C=O) groups is 2. The van der Waals surface area contributed by atoms with Crippen LogP contribution in [-0.4, -0.2) is 51.9 Å². The Bertz CT molecular complexity index is 1330. The number of hydrogen-bond acceptors (Lipinski definition) is 5. The molecule has 1 unspecified atom stereocenters. The van der Waals surface area contributed by atoms with Gasteiger partial charge in [0.2, 0.25) is 11.8 Å². The Morgan fingerprint density at radius 3 is 2.11 bits per heavy atom. The average Bonchev–Trinajstić information content (AvgIpc) is 2.91. The number of amides is 2. The van der Waals surface area contributed by atoms with Gasteiger partial charge in [-0.15, -0.1) is 0 Å². The summed E-state index contributed by atoms with van der Waals surface area (Å²) in [6, 6.07) is 18.8. The van der Waals surface area contributed by atoms with Gasteiger partial charge in [0, 0.05) is 18.6 Å². The highest BCUT2D eigenvalue weighted by atomic mass is 35.5. The maximum Gasteiger partial charge on any atom is 0.264 e. The summed E-state index contributed by atoms with van der Waals surface area (Å²) >= 11 is 6.00. The first-order valence-electron chi connectivity index (χ1n) is 11.6. The number of carbonyl (C=O) groups excluding carboxylic acids is 2. The van der Waals surface area contributed by atoms with Gasteiger partial charge in [0.05, 0.1) is 17.7 Å². The summed E-state index contributed by atoms with van der Waals surface area (Å²) in [5.41, 5.74) is 2.01. The van der Waals surface area contributed by atoms with Crippen molar-refractivity contribution in [2.45, 2.75) is 31.3 Å². The smallest absolute Gasteiger partial charge is 0.264 e. The summed E-state index contributed by atoms with van der Waals surface area (Å²) in [7, 11) is -1.17. The number of hydrogen-bond donors (Lipinski definition) is 1. The summed E-state index contributed by atoms with van der Waals surface area (Å²) in [4.78, 5) is 27.6. The van der Waals surface area contributed by atoms with Crippen molar-refractivity contribution in [3.63, 3.8) is 0 Å². The fourth-order valence-corrected chi connectivity index (χ4v) is 5.23. The third-order valence-electron chi connectivity index (χ3n) is 5.93. The molecule has 8 nitrogen and oxygen atoms in total. The number of nitrogens with zero attached hydrogens (tertiary/aromatic N) is 2. The predicted octanol–water partition coefficient (Wildman–Crippen LogP) is 4.02. The normalized spacial score (nSPS) is 11.9. The molecule has 0 bridgehead atoms. The van der Waals surface area contributed by atoms with E-state index in [0.29, 0.717) is 16.5 Å². The number of anilines is 1. The Hall–Kier alpha value is -3.56. The Morgan fingerprint density at radius 2 is 1.57 bits per heavy atom. The van der Waals surface area contributed by atoms with Gasteiger partial charge in [-0.3, -0.25) is 13.9 Å². The van der Waals surface area contributed by atoms with Gasteiger partial charge in [-0.05, 0) is 67.9 Å². The zero-order valence-electron chi connectivity index (χ0n) is 21.1. The first-order chi connectivity index (χ1) is 17.6. The topological polar surface area (TPSA) is 96.0 Å². The Labute approximate surface area is 222 Å². The summed E-state index contributed by atoms with van der Waals surface area (Å²) in [5, 5.41) is 3.09. The molecule has 3 aromatic rings. The minimum atomic E-state index is -4.14. The van der Waals surface area contributed by atoms with Crippen LogP contribution in [0.5, 0.6) is 5.75 Å². The summed E-state index contributed by atoms with van der Waals surface area (Å²) in [5.74, 6) is -0.406. The minimum absolute atomic E-state index is 0.00489. The molecule has 3 aromatic carbocycles. The number of rotatable bonds is 10. The van der Waals surface area contributed by atoms with Gasteiger partial charge in [0.15, 0.2) is 0 Å². The second-order valence-corrected chi connectivity index (χ2v) is 10.8. The van der Waals surface area contributed by atoms with Crippen LogP contribution in [0.3, 0.4) is 0 Å². The lowest BCUT2D eigenvalue weighted by molar-refractivity contribution is -0.139. The molecule has 1 N–H and O–H groups in total. The molecule has 0 spiro atoms. The third-order valence-corrected chi connectivity index (χ3v) is 7.97. The van der Waals surface area contributed by atoms with E-state index < -0.39 is 28.5 Å². The van der Waals surface area contributed by atoms with Gasteiger partial charge in [-0.25, -0.2) is 8.42 Å². The van der Waals surface area contributed by atoms with Crippen LogP contribution in [0.1, 0.15) is 18.1 Å². The zero-order valence-corrected chi connectivity index (χ0v) is 22.7. The molecule has 1 atom stereocenters. The van der Waals surface area contributed by atoms with Crippen molar-refractivity contribution in [1.29, 1.82) is 0 Å². The van der Waals surface area contributed by atoms with E-state index in [0.717, 1.165) is 15.4 Å². The van der Waals surface area contributed by atoms with Crippen LogP contribution >= 0.6 is 11.6 Å². The first-order valence-corrected chi connectivity index (χ1v) is 13.4. The van der Waals surface area contributed by atoms with E-state index in [9.17, 15) is 18.0 Å². The van der Waals surface area contributed by atoms with Gasteiger partial charge in [0.25, 0.3) is 10.0 Å². The standard InChI is InChI=1S/C27H30ClN3O5S/c1-19-5-11-23(12-6-19)31(37(34,35)25-15-13-24(36-4)14-16-25)18-26(32)30(20(2)27(33)29-3)17-21-7-9-22(28)10-8-21/h5-16,20H,17-18H2,1-4H3,(H,29,33). The first kappa shape index (κ1) is 28.0. The molecule has 37 heavy (non-hydrogen) atoms. The van der Waals surface area contributed by atoms with Gasteiger partial charge in [-0.2, -0.15) is 0 Å². The lowest BCUT2D eigenvalue weighted by Crippen LogP contribution is -2.50. The Kier molecular flexibility index (Phi) is 9.18. The number of sulfonamides is 1. The van der Waals surface area contributed by atoms with Gasteiger partial charge < -0.3 is 15.0 Å². The summed E-state index contributed by atoms with van der Waals surface area (Å²) in [6.07, 6.45) is 0. The van der Waals surface area contributed by atoms with E-state index in [2.05, 4.69) is 5.32 Å². The quantitative estimate of drug-likeness (QED) is 0.417. The van der Waals surface area contributed by atoms with E-state index in [1.807, 2.05) is 6.92 Å². The van der Waals surface area contributed by atoms with Crippen molar-refractivity contribution in [3.05, 3.63) is 88.9 Å². The fourth-order valence-electron chi connectivity index (χ4n) is 3.69. The van der Waals surface area contributed by atoms with E-state index in [1.54, 1.807) is 67.6 Å². The molecular formula is C27H30ClN3O5S. The largest absolute Gasteiger partial charge is 0.497 e. The van der Waals surface area contributed by atoms with Crippen LogP contribution in [-0.2, 0) is 26.2 Å². The maximum atomic E-state index is 13.8. The molecular weight excluding hydrogens is 514 g/mol. The number of benzene rings is 3. The van der Waals surface area contributed by atoms with Gasteiger partial charge in [-0.1, -0.05) is 41.4 Å². The maximum absolute atomic E-state index is 13.8. The molecule has 2 amide bonds. The van der Waals surface area contributed by atoms with Crippen molar-refractivity contribution in [3.8, 4) is 5.75 Å². The van der Waals surface area contributed by atoms with Crippen LogP contribution in [0.25, 0.3) is 0 Å². The number of aryl methyl sites for hydroxylation is 1. The molecule has 0 aliphatic rings. The van der Waals surface area contributed by atoms with Crippen LogP contribution in [0, 0.1) is 6.92 Å². The second-order valence-electron chi connectivity index (χ2n) is 8.46.